The van der Waals surface area contributed by atoms with E-state index in [-0.39, 0.29) is 17.9 Å². The fourth-order valence-corrected chi connectivity index (χ4v) is 4.03. The van der Waals surface area contributed by atoms with E-state index in [4.69, 9.17) is 0 Å². The Morgan fingerprint density at radius 1 is 1.19 bits per heavy atom. The van der Waals surface area contributed by atoms with Crippen LogP contribution in [0.3, 0.4) is 0 Å². The van der Waals surface area contributed by atoms with Gasteiger partial charge in [-0.1, -0.05) is 36.4 Å². The average molecular weight is 353 g/mol. The van der Waals surface area contributed by atoms with Crippen LogP contribution >= 0.6 is 0 Å². The van der Waals surface area contributed by atoms with E-state index in [0.29, 0.717) is 19.1 Å². The predicted molar refractivity (Wildman–Crippen MR) is 99.5 cm³/mol. The molecule has 2 atom stereocenters. The third-order valence-electron chi connectivity index (χ3n) is 5.39. The van der Waals surface area contributed by atoms with Gasteiger partial charge in [0.15, 0.2) is 0 Å². The van der Waals surface area contributed by atoms with E-state index < -0.39 is 0 Å². The van der Waals surface area contributed by atoms with Crippen LogP contribution in [0.4, 0.5) is 9.18 Å². The van der Waals surface area contributed by atoms with E-state index in [9.17, 15) is 9.18 Å². The van der Waals surface area contributed by atoms with Gasteiger partial charge in [0, 0.05) is 19.1 Å². The molecule has 1 saturated heterocycles. The molecule has 0 bridgehead atoms. The molecule has 0 saturated carbocycles. The van der Waals surface area contributed by atoms with Crippen molar-refractivity contribution in [3.05, 3.63) is 71.0 Å². The maximum atomic E-state index is 13.4. The molecule has 26 heavy (non-hydrogen) atoms. The number of urea groups is 1. The lowest BCUT2D eigenvalue weighted by molar-refractivity contribution is 0.179. The van der Waals surface area contributed by atoms with Crippen LogP contribution in [-0.4, -0.2) is 36.6 Å². The molecule has 4 rings (SSSR count). The van der Waals surface area contributed by atoms with Gasteiger partial charge < -0.3 is 15.5 Å². The molecular formula is C21H24FN3O. The van der Waals surface area contributed by atoms with Crippen LogP contribution in [0.15, 0.2) is 48.5 Å². The molecule has 0 radical (unpaired) electrons. The van der Waals surface area contributed by atoms with E-state index in [0.717, 1.165) is 36.9 Å². The summed E-state index contributed by atoms with van der Waals surface area (Å²) in [5, 5.41) is 6.49. The van der Waals surface area contributed by atoms with E-state index in [1.54, 1.807) is 12.1 Å². The minimum Gasteiger partial charge on any atom is -0.336 e. The highest BCUT2D eigenvalue weighted by Crippen LogP contribution is 2.35. The highest BCUT2D eigenvalue weighted by Gasteiger charge is 2.32. The lowest BCUT2D eigenvalue weighted by Gasteiger charge is -2.38. The van der Waals surface area contributed by atoms with Gasteiger partial charge in [0.1, 0.15) is 5.82 Å². The number of benzene rings is 2. The Balaban J connectivity index is 1.59. The molecule has 0 aliphatic carbocycles. The van der Waals surface area contributed by atoms with Crippen LogP contribution in [0.1, 0.15) is 35.6 Å². The number of rotatable bonds is 3. The molecule has 0 aromatic heterocycles. The highest BCUT2D eigenvalue weighted by atomic mass is 19.1. The van der Waals surface area contributed by atoms with Gasteiger partial charge >= 0.3 is 6.03 Å². The first-order valence-corrected chi connectivity index (χ1v) is 9.33. The van der Waals surface area contributed by atoms with Crippen LogP contribution < -0.4 is 10.6 Å². The van der Waals surface area contributed by atoms with Crippen molar-refractivity contribution in [2.24, 2.45) is 0 Å². The van der Waals surface area contributed by atoms with Crippen LogP contribution in [0, 0.1) is 5.82 Å². The second kappa shape index (κ2) is 7.46. The monoisotopic (exact) mass is 353 g/mol. The van der Waals surface area contributed by atoms with Gasteiger partial charge in [-0.3, -0.25) is 0 Å². The number of hydrogen-bond acceptors (Lipinski definition) is 2. The van der Waals surface area contributed by atoms with Gasteiger partial charge in [-0.2, -0.15) is 0 Å². The standard InChI is InChI=1S/C21H24FN3O/c22-17-9-7-16(8-10-17)20-19-6-2-1-4-15(19)11-13-25(20)21(26)24-14-18-5-3-12-23-18/h1-2,4,6-10,18,20,23H,3,5,11-14H2,(H,24,26)/t18-,20-/m0/s1. The van der Waals surface area contributed by atoms with E-state index in [1.807, 2.05) is 17.0 Å². The quantitative estimate of drug-likeness (QED) is 0.890. The third kappa shape index (κ3) is 3.44. The van der Waals surface area contributed by atoms with Crippen molar-refractivity contribution in [1.29, 1.82) is 0 Å². The number of carbonyl (C=O) groups is 1. The number of hydrogen-bond donors (Lipinski definition) is 2. The van der Waals surface area contributed by atoms with Crippen molar-refractivity contribution in [1.82, 2.24) is 15.5 Å². The van der Waals surface area contributed by atoms with Crippen LogP contribution in [0.5, 0.6) is 0 Å². The number of amides is 2. The van der Waals surface area contributed by atoms with Gasteiger partial charge in [-0.15, -0.1) is 0 Å². The summed E-state index contributed by atoms with van der Waals surface area (Å²) in [6.07, 6.45) is 3.10. The molecule has 136 valence electrons. The molecule has 2 aliphatic heterocycles. The maximum absolute atomic E-state index is 13.4. The lowest BCUT2D eigenvalue weighted by atomic mass is 9.88. The molecule has 2 heterocycles. The molecule has 4 nitrogen and oxygen atoms in total. The van der Waals surface area contributed by atoms with Gasteiger partial charge in [0.05, 0.1) is 6.04 Å². The van der Waals surface area contributed by atoms with Crippen molar-refractivity contribution < 1.29 is 9.18 Å². The number of halogens is 1. The fourth-order valence-electron chi connectivity index (χ4n) is 4.03. The first-order valence-electron chi connectivity index (χ1n) is 9.33. The number of nitrogens with one attached hydrogen (secondary N) is 2. The maximum Gasteiger partial charge on any atom is 0.318 e. The highest BCUT2D eigenvalue weighted by molar-refractivity contribution is 5.76. The molecule has 1 fully saturated rings. The summed E-state index contributed by atoms with van der Waals surface area (Å²) in [4.78, 5) is 14.8. The summed E-state index contributed by atoms with van der Waals surface area (Å²) in [6, 6.07) is 14.8. The number of nitrogens with zero attached hydrogens (tertiary/aromatic N) is 1. The molecule has 2 aromatic rings. The summed E-state index contributed by atoms with van der Waals surface area (Å²) < 4.78 is 13.4. The van der Waals surface area contributed by atoms with E-state index in [1.165, 1.54) is 17.7 Å². The molecule has 2 aromatic carbocycles. The van der Waals surface area contributed by atoms with Gasteiger partial charge in [0.2, 0.25) is 0 Å². The van der Waals surface area contributed by atoms with Crippen molar-refractivity contribution in [3.63, 3.8) is 0 Å². The molecule has 0 unspecified atom stereocenters. The molecule has 2 amide bonds. The fraction of sp³-hybridized carbons (Fsp3) is 0.381. The second-order valence-electron chi connectivity index (χ2n) is 7.08. The lowest BCUT2D eigenvalue weighted by Crippen LogP contribution is -2.48. The Kier molecular flexibility index (Phi) is 4.89. The van der Waals surface area contributed by atoms with Crippen molar-refractivity contribution in [3.8, 4) is 0 Å². The topological polar surface area (TPSA) is 44.4 Å². The molecule has 5 heteroatoms. The zero-order chi connectivity index (χ0) is 17.9. The molecule has 2 N–H and O–H groups in total. The molecular weight excluding hydrogens is 329 g/mol. The molecule has 2 aliphatic rings. The Morgan fingerprint density at radius 3 is 2.77 bits per heavy atom. The van der Waals surface area contributed by atoms with Crippen LogP contribution in [-0.2, 0) is 6.42 Å². The van der Waals surface area contributed by atoms with Gasteiger partial charge in [-0.25, -0.2) is 9.18 Å². The third-order valence-corrected chi connectivity index (χ3v) is 5.39. The Hall–Kier alpha value is -2.40. The summed E-state index contributed by atoms with van der Waals surface area (Å²) in [5.41, 5.74) is 3.32. The first kappa shape index (κ1) is 17.0. The van der Waals surface area contributed by atoms with E-state index >= 15 is 0 Å². The normalized spacial score (nSPS) is 22.1. The SMILES string of the molecule is O=C(NC[C@@H]1CCCN1)N1CCc2ccccc2[C@@H]1c1ccc(F)cc1. The zero-order valence-electron chi connectivity index (χ0n) is 14.7. The van der Waals surface area contributed by atoms with Crippen LogP contribution in [0.2, 0.25) is 0 Å². The van der Waals surface area contributed by atoms with Crippen LogP contribution in [0.25, 0.3) is 0 Å². The number of carbonyl (C=O) groups excluding carboxylic acids is 1. The minimum atomic E-state index is -0.263. The second-order valence-corrected chi connectivity index (χ2v) is 7.08. The Morgan fingerprint density at radius 2 is 2.00 bits per heavy atom. The summed E-state index contributed by atoms with van der Waals surface area (Å²) in [7, 11) is 0. The first-order chi connectivity index (χ1) is 12.7. The molecule has 0 spiro atoms. The summed E-state index contributed by atoms with van der Waals surface area (Å²) in [6.45, 7) is 2.33. The number of fused-ring (bicyclic) bond motifs is 1. The van der Waals surface area contributed by atoms with Crippen molar-refractivity contribution in [2.75, 3.05) is 19.6 Å². The van der Waals surface area contributed by atoms with Gasteiger partial charge in [-0.05, 0) is 54.6 Å². The Bertz CT molecular complexity index is 771. The largest absolute Gasteiger partial charge is 0.336 e. The van der Waals surface area contributed by atoms with Crippen molar-refractivity contribution >= 4 is 6.03 Å². The smallest absolute Gasteiger partial charge is 0.318 e. The summed E-state index contributed by atoms with van der Waals surface area (Å²) in [5.74, 6) is -0.263. The average Bonchev–Trinajstić information content (AvgIpc) is 3.19. The summed E-state index contributed by atoms with van der Waals surface area (Å²) >= 11 is 0. The van der Waals surface area contributed by atoms with Crippen molar-refractivity contribution in [2.45, 2.75) is 31.3 Å². The minimum absolute atomic E-state index is 0.0532. The Labute approximate surface area is 153 Å². The predicted octanol–water partition coefficient (Wildman–Crippen LogP) is 3.23. The zero-order valence-corrected chi connectivity index (χ0v) is 14.7. The van der Waals surface area contributed by atoms with E-state index in [2.05, 4.69) is 22.8 Å². The van der Waals surface area contributed by atoms with Gasteiger partial charge in [0.25, 0.3) is 0 Å².